The lowest BCUT2D eigenvalue weighted by Gasteiger charge is -2.21. The summed E-state index contributed by atoms with van der Waals surface area (Å²) < 4.78 is 5.46. The van der Waals surface area contributed by atoms with E-state index in [9.17, 15) is 9.59 Å². The molecule has 150 valence electrons. The molecule has 1 unspecified atom stereocenters. The average Bonchev–Trinajstić information content (AvgIpc) is 2.98. The summed E-state index contributed by atoms with van der Waals surface area (Å²) >= 11 is 13.3. The van der Waals surface area contributed by atoms with Crippen molar-refractivity contribution in [2.24, 2.45) is 11.7 Å². The fraction of sp³-hybridized carbons (Fsp3) is 0.400. The second-order valence-corrected chi connectivity index (χ2v) is 8.83. The molecule has 8 heteroatoms. The van der Waals surface area contributed by atoms with Gasteiger partial charge in [-0.2, -0.15) is 0 Å². The molecule has 2 aromatic rings. The highest BCUT2D eigenvalue weighted by molar-refractivity contribution is 7.17. The minimum atomic E-state index is -0.511. The van der Waals surface area contributed by atoms with Crippen molar-refractivity contribution in [3.8, 4) is 5.75 Å². The summed E-state index contributed by atoms with van der Waals surface area (Å²) in [5, 5.41) is 4.10. The monoisotopic (exact) mass is 440 g/mol. The number of fused-ring (bicyclic) bond motifs is 1. The third-order valence-corrected chi connectivity index (χ3v) is 6.52. The maximum atomic E-state index is 12.4. The van der Waals surface area contributed by atoms with Crippen molar-refractivity contribution in [1.82, 2.24) is 0 Å². The largest absolute Gasteiger partial charge is 0.482 e. The maximum Gasteiger partial charge on any atom is 0.262 e. The van der Waals surface area contributed by atoms with Crippen molar-refractivity contribution in [3.63, 3.8) is 0 Å². The summed E-state index contributed by atoms with van der Waals surface area (Å²) in [5.74, 6) is 0.0978. The number of benzene rings is 1. The molecule has 3 N–H and O–H groups in total. The van der Waals surface area contributed by atoms with E-state index in [0.29, 0.717) is 32.3 Å². The van der Waals surface area contributed by atoms with Crippen LogP contribution in [0.4, 0.5) is 5.00 Å². The molecule has 0 spiro atoms. The Kier molecular flexibility index (Phi) is 6.86. The van der Waals surface area contributed by atoms with Gasteiger partial charge >= 0.3 is 0 Å². The molecular weight excluding hydrogens is 419 g/mol. The van der Waals surface area contributed by atoms with Gasteiger partial charge in [0.15, 0.2) is 6.61 Å². The van der Waals surface area contributed by atoms with Crippen molar-refractivity contribution in [3.05, 3.63) is 44.2 Å². The highest BCUT2D eigenvalue weighted by Gasteiger charge is 2.28. The van der Waals surface area contributed by atoms with Crippen LogP contribution in [-0.2, 0) is 17.6 Å². The predicted molar refractivity (Wildman–Crippen MR) is 114 cm³/mol. The number of hydrogen-bond acceptors (Lipinski definition) is 4. The van der Waals surface area contributed by atoms with Gasteiger partial charge in [-0.25, -0.2) is 0 Å². The number of nitrogens with one attached hydrogen (secondary N) is 1. The van der Waals surface area contributed by atoms with Crippen LogP contribution in [0.25, 0.3) is 0 Å². The Morgan fingerprint density at radius 1 is 1.36 bits per heavy atom. The first-order valence-electron chi connectivity index (χ1n) is 9.21. The minimum absolute atomic E-state index is 0.236. The number of thiophene rings is 1. The average molecular weight is 441 g/mol. The number of amides is 2. The van der Waals surface area contributed by atoms with Crippen molar-refractivity contribution in [2.75, 3.05) is 11.9 Å². The van der Waals surface area contributed by atoms with E-state index in [1.165, 1.54) is 17.8 Å². The second-order valence-electron chi connectivity index (χ2n) is 6.88. The number of hydrogen-bond donors (Lipinski definition) is 2. The van der Waals surface area contributed by atoms with Gasteiger partial charge in [0.1, 0.15) is 10.8 Å². The minimum Gasteiger partial charge on any atom is -0.482 e. The molecule has 1 aromatic carbocycles. The van der Waals surface area contributed by atoms with E-state index in [4.69, 9.17) is 33.7 Å². The molecule has 0 radical (unpaired) electrons. The molecule has 0 fully saturated rings. The molecule has 2 amide bonds. The molecule has 1 atom stereocenters. The Balaban J connectivity index is 1.71. The summed E-state index contributed by atoms with van der Waals surface area (Å²) in [7, 11) is 0. The fourth-order valence-corrected chi connectivity index (χ4v) is 5.40. The first-order valence-corrected chi connectivity index (χ1v) is 10.8. The Morgan fingerprint density at radius 3 is 2.82 bits per heavy atom. The van der Waals surface area contributed by atoms with E-state index in [1.807, 2.05) is 0 Å². The van der Waals surface area contributed by atoms with Gasteiger partial charge in [-0.1, -0.05) is 43.0 Å². The molecule has 28 heavy (non-hydrogen) atoms. The number of nitrogens with two attached hydrogens (primary N) is 1. The van der Waals surface area contributed by atoms with Crippen LogP contribution in [0, 0.1) is 5.92 Å². The number of halogens is 2. The van der Waals surface area contributed by atoms with Crippen LogP contribution in [0.5, 0.6) is 5.75 Å². The SMILES string of the molecule is CCCC1CCc2c(sc(NC(=O)COc3ccc(Cl)cc3Cl)c2C(N)=O)C1. The standard InChI is InChI=1S/C20H22Cl2N2O3S/c1-2-3-11-4-6-13-16(8-11)28-20(18(13)19(23)26)24-17(25)10-27-15-7-5-12(21)9-14(15)22/h5,7,9,11H,2-4,6,8,10H2,1H3,(H2,23,26)(H,24,25). The molecule has 0 saturated carbocycles. The summed E-state index contributed by atoms with van der Waals surface area (Å²) in [6.07, 6.45) is 5.11. The lowest BCUT2D eigenvalue weighted by Crippen LogP contribution is -2.23. The number of ether oxygens (including phenoxy) is 1. The third-order valence-electron chi connectivity index (χ3n) is 4.82. The van der Waals surface area contributed by atoms with Crippen molar-refractivity contribution < 1.29 is 14.3 Å². The van der Waals surface area contributed by atoms with Gasteiger partial charge in [0.05, 0.1) is 10.6 Å². The Bertz CT molecular complexity index is 898. The van der Waals surface area contributed by atoms with Gasteiger partial charge < -0.3 is 15.8 Å². The highest BCUT2D eigenvalue weighted by atomic mass is 35.5. The number of carbonyl (C=O) groups excluding carboxylic acids is 2. The maximum absolute atomic E-state index is 12.4. The van der Waals surface area contributed by atoms with E-state index in [-0.39, 0.29) is 12.5 Å². The van der Waals surface area contributed by atoms with Crippen LogP contribution in [0.3, 0.4) is 0 Å². The van der Waals surface area contributed by atoms with Gasteiger partial charge in [-0.3, -0.25) is 9.59 Å². The summed E-state index contributed by atoms with van der Waals surface area (Å²) in [4.78, 5) is 25.5. The van der Waals surface area contributed by atoms with Gasteiger partial charge in [0, 0.05) is 9.90 Å². The van der Waals surface area contributed by atoms with Gasteiger partial charge in [-0.15, -0.1) is 11.3 Å². The van der Waals surface area contributed by atoms with E-state index in [0.717, 1.165) is 36.1 Å². The first kappa shape index (κ1) is 21.0. The van der Waals surface area contributed by atoms with E-state index < -0.39 is 5.91 Å². The molecule has 1 heterocycles. The molecule has 1 aromatic heterocycles. The van der Waals surface area contributed by atoms with Crippen LogP contribution < -0.4 is 15.8 Å². The van der Waals surface area contributed by atoms with E-state index >= 15 is 0 Å². The molecule has 3 rings (SSSR count). The Morgan fingerprint density at radius 2 is 2.14 bits per heavy atom. The zero-order valence-corrected chi connectivity index (χ0v) is 17.8. The molecule has 0 saturated heterocycles. The normalized spacial score (nSPS) is 15.8. The fourth-order valence-electron chi connectivity index (χ4n) is 3.56. The Labute approximate surface area is 178 Å². The molecular formula is C20H22Cl2N2O3S. The van der Waals surface area contributed by atoms with Crippen molar-refractivity contribution in [2.45, 2.75) is 39.0 Å². The van der Waals surface area contributed by atoms with E-state index in [2.05, 4.69) is 12.2 Å². The quantitative estimate of drug-likeness (QED) is 0.629. The highest BCUT2D eigenvalue weighted by Crippen LogP contribution is 2.40. The van der Waals surface area contributed by atoms with Gasteiger partial charge in [0.2, 0.25) is 0 Å². The summed E-state index contributed by atoms with van der Waals surface area (Å²) in [5.41, 5.74) is 7.03. The molecule has 0 aliphatic heterocycles. The number of primary amides is 1. The summed E-state index contributed by atoms with van der Waals surface area (Å²) in [6, 6.07) is 4.78. The second kappa shape index (κ2) is 9.16. The molecule has 5 nitrogen and oxygen atoms in total. The third kappa shape index (κ3) is 4.80. The van der Waals surface area contributed by atoms with Crippen LogP contribution in [0.1, 0.15) is 47.0 Å². The smallest absolute Gasteiger partial charge is 0.262 e. The molecule has 1 aliphatic rings. The van der Waals surface area contributed by atoms with Crippen LogP contribution in [0.15, 0.2) is 18.2 Å². The van der Waals surface area contributed by atoms with Gasteiger partial charge in [0.25, 0.3) is 11.8 Å². The van der Waals surface area contributed by atoms with E-state index in [1.54, 1.807) is 18.2 Å². The van der Waals surface area contributed by atoms with Crippen molar-refractivity contribution in [1.29, 1.82) is 0 Å². The lowest BCUT2D eigenvalue weighted by atomic mass is 9.84. The van der Waals surface area contributed by atoms with Gasteiger partial charge in [-0.05, 0) is 48.9 Å². The molecule has 0 bridgehead atoms. The number of rotatable bonds is 7. The first-order chi connectivity index (χ1) is 13.4. The van der Waals surface area contributed by atoms with Crippen LogP contribution >= 0.6 is 34.5 Å². The number of anilines is 1. The topological polar surface area (TPSA) is 81.4 Å². The zero-order chi connectivity index (χ0) is 20.3. The van der Waals surface area contributed by atoms with Crippen LogP contribution in [0.2, 0.25) is 10.0 Å². The molecule has 1 aliphatic carbocycles. The Hall–Kier alpha value is -1.76. The number of carbonyl (C=O) groups is 2. The predicted octanol–water partition coefficient (Wildman–Crippen LogP) is 5.08. The zero-order valence-electron chi connectivity index (χ0n) is 15.5. The summed E-state index contributed by atoms with van der Waals surface area (Å²) in [6.45, 7) is 1.94. The lowest BCUT2D eigenvalue weighted by molar-refractivity contribution is -0.118. The van der Waals surface area contributed by atoms with Crippen molar-refractivity contribution >= 4 is 51.4 Å². The van der Waals surface area contributed by atoms with Crippen LogP contribution in [-0.4, -0.2) is 18.4 Å².